The summed E-state index contributed by atoms with van der Waals surface area (Å²) < 4.78 is 10.8. The molecule has 18 heavy (non-hydrogen) atoms. The predicted molar refractivity (Wildman–Crippen MR) is 75.3 cm³/mol. The second-order valence-electron chi connectivity index (χ2n) is 4.38. The summed E-state index contributed by atoms with van der Waals surface area (Å²) in [6.45, 7) is 6.83. The van der Waals surface area contributed by atoms with E-state index in [1.165, 1.54) is 5.56 Å². The van der Waals surface area contributed by atoms with Gasteiger partial charge in [0.15, 0.2) is 0 Å². The molecule has 1 rings (SSSR count). The van der Waals surface area contributed by atoms with E-state index in [-0.39, 0.29) is 0 Å². The standard InChI is InChI=1S/C15H25NO2/c1-4-10-18-12-14(16-5-2)11-13-6-8-15(17-3)9-7-13/h6-9,14,16H,4-5,10-12H2,1-3H3. The Morgan fingerprint density at radius 1 is 1.17 bits per heavy atom. The zero-order chi connectivity index (χ0) is 13.2. The molecular weight excluding hydrogens is 226 g/mol. The summed E-state index contributed by atoms with van der Waals surface area (Å²) in [7, 11) is 1.69. The maximum Gasteiger partial charge on any atom is 0.118 e. The van der Waals surface area contributed by atoms with Crippen LogP contribution in [0.2, 0.25) is 0 Å². The van der Waals surface area contributed by atoms with Crippen LogP contribution < -0.4 is 10.1 Å². The van der Waals surface area contributed by atoms with Crippen molar-refractivity contribution in [1.29, 1.82) is 0 Å². The van der Waals surface area contributed by atoms with Crippen LogP contribution in [-0.4, -0.2) is 32.9 Å². The summed E-state index contributed by atoms with van der Waals surface area (Å²) in [5.74, 6) is 0.904. The van der Waals surface area contributed by atoms with Crippen LogP contribution in [0.1, 0.15) is 25.8 Å². The van der Waals surface area contributed by atoms with E-state index in [4.69, 9.17) is 9.47 Å². The second-order valence-corrected chi connectivity index (χ2v) is 4.38. The van der Waals surface area contributed by atoms with Gasteiger partial charge in [0.1, 0.15) is 5.75 Å². The molecule has 0 spiro atoms. The Morgan fingerprint density at radius 2 is 1.89 bits per heavy atom. The molecule has 0 heterocycles. The van der Waals surface area contributed by atoms with Gasteiger partial charge in [-0.25, -0.2) is 0 Å². The lowest BCUT2D eigenvalue weighted by Crippen LogP contribution is -2.35. The summed E-state index contributed by atoms with van der Waals surface area (Å²) >= 11 is 0. The third-order valence-corrected chi connectivity index (χ3v) is 2.80. The average molecular weight is 251 g/mol. The number of ether oxygens (including phenoxy) is 2. The van der Waals surface area contributed by atoms with Crippen LogP contribution in [0.4, 0.5) is 0 Å². The Bertz CT molecular complexity index is 311. The van der Waals surface area contributed by atoms with Crippen LogP contribution in [0, 0.1) is 0 Å². The largest absolute Gasteiger partial charge is 0.497 e. The first-order valence-corrected chi connectivity index (χ1v) is 6.74. The van der Waals surface area contributed by atoms with Crippen LogP contribution in [0.15, 0.2) is 24.3 Å². The molecule has 0 fully saturated rings. The van der Waals surface area contributed by atoms with E-state index >= 15 is 0 Å². The summed E-state index contributed by atoms with van der Waals surface area (Å²) in [6.07, 6.45) is 2.06. The van der Waals surface area contributed by atoms with Gasteiger partial charge in [0.25, 0.3) is 0 Å². The van der Waals surface area contributed by atoms with Crippen LogP contribution in [0.25, 0.3) is 0 Å². The number of benzene rings is 1. The minimum atomic E-state index is 0.384. The Morgan fingerprint density at radius 3 is 2.44 bits per heavy atom. The molecule has 0 aromatic heterocycles. The van der Waals surface area contributed by atoms with Crippen LogP contribution in [-0.2, 0) is 11.2 Å². The SMILES string of the molecule is CCCOCC(Cc1ccc(OC)cc1)NCC. The van der Waals surface area contributed by atoms with Gasteiger partial charge in [0.05, 0.1) is 13.7 Å². The van der Waals surface area contributed by atoms with Crippen molar-refractivity contribution in [3.8, 4) is 5.75 Å². The first-order chi connectivity index (χ1) is 8.80. The number of hydrogen-bond donors (Lipinski definition) is 1. The van der Waals surface area contributed by atoms with Gasteiger partial charge < -0.3 is 14.8 Å². The fourth-order valence-electron chi connectivity index (χ4n) is 1.89. The number of methoxy groups -OCH3 is 1. The molecule has 0 radical (unpaired) electrons. The van der Waals surface area contributed by atoms with Gasteiger partial charge in [-0.05, 0) is 37.1 Å². The van der Waals surface area contributed by atoms with Gasteiger partial charge in [-0.1, -0.05) is 26.0 Å². The fourth-order valence-corrected chi connectivity index (χ4v) is 1.89. The van der Waals surface area contributed by atoms with Crippen molar-refractivity contribution in [2.75, 3.05) is 26.9 Å². The number of hydrogen-bond acceptors (Lipinski definition) is 3. The predicted octanol–water partition coefficient (Wildman–Crippen LogP) is 2.64. The Balaban J connectivity index is 2.47. The maximum atomic E-state index is 5.63. The number of likely N-dealkylation sites (N-methyl/N-ethyl adjacent to an activating group) is 1. The zero-order valence-corrected chi connectivity index (χ0v) is 11.7. The van der Waals surface area contributed by atoms with E-state index < -0.39 is 0 Å². The molecule has 0 aliphatic carbocycles. The highest BCUT2D eigenvalue weighted by Crippen LogP contribution is 2.12. The van der Waals surface area contributed by atoms with Crippen molar-refractivity contribution in [1.82, 2.24) is 5.32 Å². The summed E-state index contributed by atoms with van der Waals surface area (Å²) in [4.78, 5) is 0. The van der Waals surface area contributed by atoms with E-state index in [1.807, 2.05) is 12.1 Å². The molecule has 0 bridgehead atoms. The van der Waals surface area contributed by atoms with E-state index in [0.717, 1.165) is 38.3 Å². The maximum absolute atomic E-state index is 5.63. The summed E-state index contributed by atoms with van der Waals surface area (Å²) in [5.41, 5.74) is 1.31. The smallest absolute Gasteiger partial charge is 0.118 e. The lowest BCUT2D eigenvalue weighted by atomic mass is 10.1. The lowest BCUT2D eigenvalue weighted by Gasteiger charge is -2.18. The molecule has 0 aliphatic rings. The first-order valence-electron chi connectivity index (χ1n) is 6.74. The van der Waals surface area contributed by atoms with Crippen molar-refractivity contribution < 1.29 is 9.47 Å². The van der Waals surface area contributed by atoms with Crippen molar-refractivity contribution >= 4 is 0 Å². The van der Waals surface area contributed by atoms with Crippen LogP contribution >= 0.6 is 0 Å². The molecule has 1 aromatic carbocycles. The Hall–Kier alpha value is -1.06. The highest BCUT2D eigenvalue weighted by molar-refractivity contribution is 5.27. The van der Waals surface area contributed by atoms with Gasteiger partial charge in [0, 0.05) is 12.6 Å². The van der Waals surface area contributed by atoms with E-state index in [0.29, 0.717) is 6.04 Å². The molecule has 1 N–H and O–H groups in total. The fraction of sp³-hybridized carbons (Fsp3) is 0.600. The molecule has 0 amide bonds. The molecule has 0 saturated heterocycles. The normalized spacial score (nSPS) is 12.4. The molecule has 3 heteroatoms. The Kier molecular flexibility index (Phi) is 7.46. The Labute approximate surface area is 110 Å². The van der Waals surface area contributed by atoms with E-state index in [2.05, 4.69) is 31.3 Å². The molecular formula is C15H25NO2. The highest BCUT2D eigenvalue weighted by Gasteiger charge is 2.08. The van der Waals surface area contributed by atoms with E-state index in [1.54, 1.807) is 7.11 Å². The third-order valence-electron chi connectivity index (χ3n) is 2.80. The van der Waals surface area contributed by atoms with Crippen LogP contribution in [0.3, 0.4) is 0 Å². The number of nitrogens with one attached hydrogen (secondary N) is 1. The monoisotopic (exact) mass is 251 g/mol. The summed E-state index contributed by atoms with van der Waals surface area (Å²) in [5, 5.41) is 3.46. The van der Waals surface area contributed by atoms with Crippen molar-refractivity contribution in [2.45, 2.75) is 32.7 Å². The van der Waals surface area contributed by atoms with Crippen molar-refractivity contribution in [3.63, 3.8) is 0 Å². The second kappa shape index (κ2) is 8.95. The molecule has 3 nitrogen and oxygen atoms in total. The van der Waals surface area contributed by atoms with Gasteiger partial charge in [-0.3, -0.25) is 0 Å². The minimum Gasteiger partial charge on any atom is -0.497 e. The molecule has 0 aliphatic heterocycles. The quantitative estimate of drug-likeness (QED) is 0.684. The highest BCUT2D eigenvalue weighted by atomic mass is 16.5. The summed E-state index contributed by atoms with van der Waals surface area (Å²) in [6, 6.07) is 8.62. The zero-order valence-electron chi connectivity index (χ0n) is 11.7. The van der Waals surface area contributed by atoms with Crippen molar-refractivity contribution in [3.05, 3.63) is 29.8 Å². The van der Waals surface area contributed by atoms with Gasteiger partial charge in [-0.15, -0.1) is 0 Å². The molecule has 102 valence electrons. The molecule has 1 aromatic rings. The number of rotatable bonds is 9. The first kappa shape index (κ1) is 15.0. The van der Waals surface area contributed by atoms with Crippen LogP contribution in [0.5, 0.6) is 5.75 Å². The lowest BCUT2D eigenvalue weighted by molar-refractivity contribution is 0.112. The third kappa shape index (κ3) is 5.52. The van der Waals surface area contributed by atoms with Gasteiger partial charge in [0.2, 0.25) is 0 Å². The van der Waals surface area contributed by atoms with E-state index in [9.17, 15) is 0 Å². The average Bonchev–Trinajstić information content (AvgIpc) is 2.40. The molecule has 0 saturated carbocycles. The van der Waals surface area contributed by atoms with Crippen molar-refractivity contribution in [2.24, 2.45) is 0 Å². The van der Waals surface area contributed by atoms with Gasteiger partial charge >= 0.3 is 0 Å². The molecule has 1 unspecified atom stereocenters. The molecule has 1 atom stereocenters. The minimum absolute atomic E-state index is 0.384. The van der Waals surface area contributed by atoms with Gasteiger partial charge in [-0.2, -0.15) is 0 Å². The topological polar surface area (TPSA) is 30.5 Å².